The molecule has 1 amide bonds. The molecular weight excluding hydrogens is 398 g/mol. The van der Waals surface area contributed by atoms with Gasteiger partial charge >= 0.3 is 0 Å². The van der Waals surface area contributed by atoms with E-state index in [0.717, 1.165) is 31.6 Å². The first-order chi connectivity index (χ1) is 14.4. The molecule has 2 saturated heterocycles. The summed E-state index contributed by atoms with van der Waals surface area (Å²) >= 11 is 0. The summed E-state index contributed by atoms with van der Waals surface area (Å²) in [6.45, 7) is 5.94. The van der Waals surface area contributed by atoms with Crippen molar-refractivity contribution in [2.24, 2.45) is 5.92 Å². The fourth-order valence-corrected chi connectivity index (χ4v) is 5.94. The average Bonchev–Trinajstić information content (AvgIpc) is 2.79. The minimum atomic E-state index is -3.57. The van der Waals surface area contributed by atoms with Crippen molar-refractivity contribution in [3.8, 4) is 0 Å². The summed E-state index contributed by atoms with van der Waals surface area (Å²) in [5.41, 5.74) is 1.60. The number of anilines is 1. The van der Waals surface area contributed by atoms with Crippen molar-refractivity contribution in [1.82, 2.24) is 9.21 Å². The molecule has 2 heterocycles. The van der Waals surface area contributed by atoms with Gasteiger partial charge in [-0.2, -0.15) is 4.31 Å². The van der Waals surface area contributed by atoms with E-state index in [1.807, 2.05) is 23.1 Å². The fraction of sp³-hybridized carbons (Fsp3) is 0.435. The maximum Gasteiger partial charge on any atom is 0.254 e. The smallest absolute Gasteiger partial charge is 0.254 e. The molecule has 1 atom stereocenters. The zero-order valence-corrected chi connectivity index (χ0v) is 18.2. The van der Waals surface area contributed by atoms with Crippen LogP contribution in [0.5, 0.6) is 0 Å². The van der Waals surface area contributed by atoms with E-state index in [-0.39, 0.29) is 10.8 Å². The minimum Gasteiger partial charge on any atom is -0.368 e. The lowest BCUT2D eigenvalue weighted by molar-refractivity contribution is 0.0746. The predicted molar refractivity (Wildman–Crippen MR) is 118 cm³/mol. The first-order valence-electron chi connectivity index (χ1n) is 10.6. The Balaban J connectivity index is 1.45. The second kappa shape index (κ2) is 8.78. The van der Waals surface area contributed by atoms with Crippen LogP contribution in [0, 0.1) is 5.92 Å². The molecule has 0 aromatic heterocycles. The van der Waals surface area contributed by atoms with Crippen LogP contribution in [0.15, 0.2) is 59.5 Å². The number of sulfonamides is 1. The lowest BCUT2D eigenvalue weighted by Gasteiger charge is -2.36. The first kappa shape index (κ1) is 20.9. The topological polar surface area (TPSA) is 60.9 Å². The number of amides is 1. The van der Waals surface area contributed by atoms with E-state index in [1.165, 1.54) is 0 Å². The Bertz CT molecular complexity index is 986. The Morgan fingerprint density at radius 3 is 2.37 bits per heavy atom. The van der Waals surface area contributed by atoms with Crippen LogP contribution in [0.25, 0.3) is 0 Å². The molecule has 0 radical (unpaired) electrons. The quantitative estimate of drug-likeness (QED) is 0.752. The molecule has 0 aliphatic carbocycles. The molecule has 0 bridgehead atoms. The zero-order valence-electron chi connectivity index (χ0n) is 17.4. The maximum atomic E-state index is 13.1. The summed E-state index contributed by atoms with van der Waals surface area (Å²) in [5, 5.41) is 0. The second-order valence-electron chi connectivity index (χ2n) is 8.25. The van der Waals surface area contributed by atoms with Crippen LogP contribution in [0.4, 0.5) is 5.69 Å². The van der Waals surface area contributed by atoms with Crippen molar-refractivity contribution in [1.29, 1.82) is 0 Å². The van der Waals surface area contributed by atoms with Gasteiger partial charge in [-0.15, -0.1) is 0 Å². The van der Waals surface area contributed by atoms with Crippen LogP contribution in [-0.2, 0) is 10.0 Å². The third-order valence-corrected chi connectivity index (χ3v) is 7.89. The Morgan fingerprint density at radius 2 is 1.67 bits per heavy atom. The summed E-state index contributed by atoms with van der Waals surface area (Å²) in [7, 11) is -3.57. The van der Waals surface area contributed by atoms with E-state index < -0.39 is 10.0 Å². The number of hydrogen-bond donors (Lipinski definition) is 0. The molecule has 7 heteroatoms. The van der Waals surface area contributed by atoms with Gasteiger partial charge in [-0.3, -0.25) is 4.79 Å². The zero-order chi connectivity index (χ0) is 21.1. The normalized spacial score (nSPS) is 20.9. The van der Waals surface area contributed by atoms with Crippen molar-refractivity contribution in [2.75, 3.05) is 44.2 Å². The number of carbonyl (C=O) groups is 1. The van der Waals surface area contributed by atoms with Crippen LogP contribution in [0.1, 0.15) is 30.1 Å². The molecule has 0 unspecified atom stereocenters. The molecule has 160 valence electrons. The van der Waals surface area contributed by atoms with Gasteiger partial charge in [0.1, 0.15) is 0 Å². The highest BCUT2D eigenvalue weighted by Gasteiger charge is 2.30. The van der Waals surface area contributed by atoms with Crippen molar-refractivity contribution in [3.63, 3.8) is 0 Å². The summed E-state index contributed by atoms with van der Waals surface area (Å²) in [6, 6.07) is 16.7. The average molecular weight is 428 g/mol. The molecule has 2 aromatic rings. The summed E-state index contributed by atoms with van der Waals surface area (Å²) in [5.74, 6) is 0.256. The largest absolute Gasteiger partial charge is 0.368 e. The maximum absolute atomic E-state index is 13.1. The van der Waals surface area contributed by atoms with Crippen LogP contribution in [0.2, 0.25) is 0 Å². The summed E-state index contributed by atoms with van der Waals surface area (Å²) < 4.78 is 27.7. The number of carbonyl (C=O) groups excluding carboxylic acids is 1. The van der Waals surface area contributed by atoms with Gasteiger partial charge in [-0.25, -0.2) is 8.42 Å². The third-order valence-electron chi connectivity index (χ3n) is 6.03. The van der Waals surface area contributed by atoms with Crippen molar-refractivity contribution in [2.45, 2.75) is 24.7 Å². The molecule has 30 heavy (non-hydrogen) atoms. The lowest BCUT2D eigenvalue weighted by atomic mass is 10.0. The van der Waals surface area contributed by atoms with E-state index in [4.69, 9.17) is 0 Å². The summed E-state index contributed by atoms with van der Waals surface area (Å²) in [4.78, 5) is 17.3. The van der Waals surface area contributed by atoms with Crippen molar-refractivity contribution >= 4 is 21.6 Å². The van der Waals surface area contributed by atoms with Crippen LogP contribution in [-0.4, -0.2) is 62.8 Å². The number of para-hydroxylation sites is 1. The van der Waals surface area contributed by atoms with Gasteiger partial charge in [0.05, 0.1) is 4.90 Å². The van der Waals surface area contributed by atoms with E-state index in [9.17, 15) is 13.2 Å². The van der Waals surface area contributed by atoms with Gasteiger partial charge in [0, 0.05) is 50.5 Å². The van der Waals surface area contributed by atoms with Crippen molar-refractivity contribution in [3.05, 3.63) is 60.2 Å². The van der Waals surface area contributed by atoms with Crippen molar-refractivity contribution < 1.29 is 13.2 Å². The Hall–Kier alpha value is -2.38. The molecule has 6 nitrogen and oxygen atoms in total. The second-order valence-corrected chi connectivity index (χ2v) is 10.2. The highest BCUT2D eigenvalue weighted by molar-refractivity contribution is 7.89. The molecule has 2 aliphatic rings. The number of piperidine rings is 1. The van der Waals surface area contributed by atoms with Crippen LogP contribution >= 0.6 is 0 Å². The van der Waals surface area contributed by atoms with Crippen LogP contribution < -0.4 is 4.90 Å². The number of rotatable bonds is 4. The van der Waals surface area contributed by atoms with Gasteiger partial charge in [0.25, 0.3) is 5.91 Å². The highest BCUT2D eigenvalue weighted by Crippen LogP contribution is 2.24. The number of piperazine rings is 1. The van der Waals surface area contributed by atoms with Crippen LogP contribution in [0.3, 0.4) is 0 Å². The Labute approximate surface area is 179 Å². The van der Waals surface area contributed by atoms with E-state index in [2.05, 4.69) is 24.0 Å². The minimum absolute atomic E-state index is 0.105. The van der Waals surface area contributed by atoms with Gasteiger partial charge < -0.3 is 9.80 Å². The fourth-order valence-electron chi connectivity index (χ4n) is 4.29. The monoisotopic (exact) mass is 427 g/mol. The lowest BCUT2D eigenvalue weighted by Crippen LogP contribution is -2.48. The van der Waals surface area contributed by atoms with Gasteiger partial charge in [-0.05, 0) is 49.1 Å². The number of benzene rings is 2. The van der Waals surface area contributed by atoms with Gasteiger partial charge in [0.2, 0.25) is 10.0 Å². The Kier molecular flexibility index (Phi) is 6.11. The number of hydrogen-bond acceptors (Lipinski definition) is 4. The van der Waals surface area contributed by atoms with E-state index in [0.29, 0.717) is 37.7 Å². The third kappa shape index (κ3) is 4.37. The molecule has 2 aliphatic heterocycles. The first-order valence-corrected chi connectivity index (χ1v) is 12.1. The molecule has 0 spiro atoms. The molecular formula is C23H29N3O3S. The van der Waals surface area contributed by atoms with Gasteiger partial charge in [0.15, 0.2) is 0 Å². The van der Waals surface area contributed by atoms with E-state index >= 15 is 0 Å². The standard InChI is InChI=1S/C23H29N3O3S/c1-19-7-6-12-26(18-19)30(28,29)22-11-5-8-20(17-22)23(27)25-15-13-24(14-16-25)21-9-3-2-4-10-21/h2-5,8-11,17,19H,6-7,12-16,18H2,1H3/t19-/m0/s1. The molecule has 2 aromatic carbocycles. The predicted octanol–water partition coefficient (Wildman–Crippen LogP) is 3.07. The Morgan fingerprint density at radius 1 is 0.933 bits per heavy atom. The summed E-state index contributed by atoms with van der Waals surface area (Å²) in [6.07, 6.45) is 1.93. The molecule has 2 fully saturated rings. The van der Waals surface area contributed by atoms with Gasteiger partial charge in [-0.1, -0.05) is 31.2 Å². The molecule has 0 saturated carbocycles. The molecule has 4 rings (SSSR count). The molecule has 0 N–H and O–H groups in total. The SMILES string of the molecule is C[C@H]1CCCN(S(=O)(=O)c2cccc(C(=O)N3CCN(c4ccccc4)CC3)c2)C1. The number of nitrogens with zero attached hydrogens (tertiary/aromatic N) is 3. The van der Waals surface area contributed by atoms with E-state index in [1.54, 1.807) is 28.6 Å². The highest BCUT2D eigenvalue weighted by atomic mass is 32.2.